The number of aromatic nitrogens is 1. The van der Waals surface area contributed by atoms with E-state index in [-0.39, 0.29) is 56.3 Å². The maximum absolute atomic E-state index is 15.4. The van der Waals surface area contributed by atoms with Crippen molar-refractivity contribution in [3.8, 4) is 0 Å². The van der Waals surface area contributed by atoms with Crippen LogP contribution in [0.4, 0.5) is 18.9 Å². The van der Waals surface area contributed by atoms with Gasteiger partial charge in [0.2, 0.25) is 70.5 Å². The lowest BCUT2D eigenvalue weighted by atomic mass is 9.91. The van der Waals surface area contributed by atoms with Gasteiger partial charge in [-0.1, -0.05) is 101 Å². The van der Waals surface area contributed by atoms with Crippen LogP contribution in [-0.4, -0.2) is 240 Å². The second-order valence-corrected chi connectivity index (χ2v) is 30.4. The summed E-state index contributed by atoms with van der Waals surface area (Å²) < 4.78 is 43.6. The first-order valence-corrected chi connectivity index (χ1v) is 36.4. The van der Waals surface area contributed by atoms with Crippen LogP contribution >= 0.6 is 0 Å². The standard InChI is InChI=1S/C76H122F3N13O12/c1-26-32-56-72(101)87(21)59(40-44(5)6)67(96)83-61(46(9)10)74(103)88(22)58(39-43(3)4)66(95)80-49(14)65(94)81-50(15)69(98)89(23)60(41-45(7)8)73(102)85(19)51(16)70(99)90(24)62(47(11)12)75(104)91(25)63(68(97)82-54(27-2)71(100)86(56)20)64(93)48(13)33-30-28-29-31-37-92-38-36-55(84(17)18)53-35-34-52(42-57(53)92)76(77,78)79/h26,28,30,34-36,38,42-51,54,56,58-64,93H,1,27,29,31-33,37,39-41H2,2-25H3,(H3-,80,81,82,83,94,95,96,97)/p+1/b30-28+/t48-,49+,50-,51+,54+,56?,58+,59+,60+,61+,62+,63+,64-/m1/s1. The van der Waals surface area contributed by atoms with Gasteiger partial charge in [0.1, 0.15) is 73.0 Å². The molecule has 1 aromatic carbocycles. The van der Waals surface area contributed by atoms with E-state index in [0.29, 0.717) is 30.3 Å². The number of fused-ring (bicyclic) bond motifs is 1. The van der Waals surface area contributed by atoms with Gasteiger partial charge in [0.05, 0.1) is 22.7 Å². The Balaban J connectivity index is 2.28. The Labute approximate surface area is 615 Å². The van der Waals surface area contributed by atoms with Gasteiger partial charge < -0.3 is 65.6 Å². The number of nitrogens with one attached hydrogen (secondary N) is 4. The van der Waals surface area contributed by atoms with Gasteiger partial charge in [0.15, 0.2) is 6.20 Å². The highest BCUT2D eigenvalue weighted by Gasteiger charge is 2.46. The van der Waals surface area contributed by atoms with E-state index in [2.05, 4.69) is 27.8 Å². The van der Waals surface area contributed by atoms with Crippen molar-refractivity contribution in [3.05, 3.63) is 60.8 Å². The molecular formula is C76H123F3N13O12+. The van der Waals surface area contributed by atoms with Crippen molar-refractivity contribution in [1.82, 2.24) is 55.6 Å². The van der Waals surface area contributed by atoms with Crippen LogP contribution in [0.2, 0.25) is 0 Å². The number of carbonyl (C=O) groups excluding carboxylic acids is 11. The smallest absolute Gasteiger partial charge is 0.390 e. The molecule has 1 aliphatic heterocycles. The van der Waals surface area contributed by atoms with Crippen LogP contribution in [0.25, 0.3) is 10.9 Å². The molecule has 2 heterocycles. The van der Waals surface area contributed by atoms with E-state index in [1.165, 1.54) is 102 Å². The number of aliphatic hydroxyl groups is 1. The third kappa shape index (κ3) is 23.4. The van der Waals surface area contributed by atoms with Crippen LogP contribution in [0.1, 0.15) is 161 Å². The molecule has 1 aromatic heterocycles. The van der Waals surface area contributed by atoms with Crippen molar-refractivity contribution in [2.45, 2.75) is 241 Å². The molecule has 1 unspecified atom stereocenters. The summed E-state index contributed by atoms with van der Waals surface area (Å²) in [5, 5.41) is 24.2. The molecular weight excluding hydrogens is 1340 g/mol. The number of pyridine rings is 1. The second-order valence-electron chi connectivity index (χ2n) is 30.4. The first kappa shape index (κ1) is 90.0. The van der Waals surface area contributed by atoms with Gasteiger partial charge >= 0.3 is 6.18 Å². The zero-order chi connectivity index (χ0) is 79.6. The van der Waals surface area contributed by atoms with Gasteiger partial charge in [-0.05, 0) is 113 Å². The number of hydrogen-bond acceptors (Lipinski definition) is 13. The highest BCUT2D eigenvalue weighted by molar-refractivity contribution is 6.00. The van der Waals surface area contributed by atoms with Crippen LogP contribution in [0.3, 0.4) is 0 Å². The fraction of sp³-hybridized carbons (Fsp3) is 0.684. The molecule has 0 saturated carbocycles. The summed E-state index contributed by atoms with van der Waals surface area (Å²) in [4.78, 5) is 173. The van der Waals surface area contributed by atoms with Crippen LogP contribution in [-0.2, 0) is 65.5 Å². The Bertz CT molecular complexity index is 3360. The summed E-state index contributed by atoms with van der Waals surface area (Å²) in [6, 6.07) is -8.98. The number of hydrogen-bond donors (Lipinski definition) is 5. The van der Waals surface area contributed by atoms with Crippen LogP contribution in [0.15, 0.2) is 55.3 Å². The highest BCUT2D eigenvalue weighted by Crippen LogP contribution is 2.33. The normalized spacial score (nSPS) is 25.0. The largest absolute Gasteiger partial charge is 0.416 e. The average Bonchev–Trinajstić information content (AvgIpc) is 0.789. The van der Waals surface area contributed by atoms with Crippen LogP contribution < -0.4 is 30.7 Å². The van der Waals surface area contributed by atoms with Gasteiger partial charge in [-0.3, -0.25) is 52.7 Å². The van der Waals surface area contributed by atoms with Crippen molar-refractivity contribution in [3.63, 3.8) is 0 Å². The Kier molecular flexibility index (Phi) is 34.5. The Morgan fingerprint density at radius 2 is 1.06 bits per heavy atom. The molecule has 0 radical (unpaired) electrons. The molecule has 1 saturated heterocycles. The fourth-order valence-corrected chi connectivity index (χ4v) is 13.1. The number of rotatable bonds is 20. The molecule has 3 rings (SSSR count). The molecule has 0 spiro atoms. The van der Waals surface area contributed by atoms with E-state index in [1.807, 2.05) is 72.7 Å². The minimum Gasteiger partial charge on any atom is -0.390 e. The van der Waals surface area contributed by atoms with Crippen molar-refractivity contribution in [2.24, 2.45) is 35.5 Å². The lowest BCUT2D eigenvalue weighted by Gasteiger charge is -2.41. The number of halogens is 3. The minimum absolute atomic E-state index is 0.0714. The Morgan fingerprint density at radius 1 is 0.558 bits per heavy atom. The number of aryl methyl sites for hydroxylation is 1. The Morgan fingerprint density at radius 3 is 1.57 bits per heavy atom. The molecule has 0 aliphatic carbocycles. The topological polar surface area (TPSA) is 286 Å². The number of likely N-dealkylation sites (N-methyl/N-ethyl adjacent to an activating group) is 7. The molecule has 11 amide bonds. The zero-order valence-electron chi connectivity index (χ0n) is 66.2. The van der Waals surface area contributed by atoms with Crippen molar-refractivity contribution >= 4 is 81.6 Å². The summed E-state index contributed by atoms with van der Waals surface area (Å²) in [6.07, 6.45) is 1.79. The lowest BCUT2D eigenvalue weighted by Crippen LogP contribution is -2.63. The number of allylic oxidation sites excluding steroid dienone is 2. The Hall–Kier alpha value is -8.17. The number of anilines is 1. The van der Waals surface area contributed by atoms with Gasteiger partial charge in [0, 0.05) is 82.0 Å². The molecule has 13 atom stereocenters. The third-order valence-electron chi connectivity index (χ3n) is 19.8. The lowest BCUT2D eigenvalue weighted by molar-refractivity contribution is -0.671. The third-order valence-corrected chi connectivity index (χ3v) is 19.8. The second kappa shape index (κ2) is 39.8. The molecule has 25 nitrogen and oxygen atoms in total. The number of unbranched alkanes of at least 4 members (excludes halogenated alkanes) is 1. The predicted octanol–water partition coefficient (Wildman–Crippen LogP) is 6.17. The molecule has 0 bridgehead atoms. The van der Waals surface area contributed by atoms with Crippen molar-refractivity contribution < 1.29 is 75.6 Å². The molecule has 1 fully saturated rings. The van der Waals surface area contributed by atoms with Crippen LogP contribution in [0, 0.1) is 35.5 Å². The quantitative estimate of drug-likeness (QED) is 0.0564. The molecule has 584 valence electrons. The molecule has 2 aromatic rings. The summed E-state index contributed by atoms with van der Waals surface area (Å²) in [5.41, 5.74) is 0.365. The van der Waals surface area contributed by atoms with E-state index in [0.717, 1.165) is 32.5 Å². The molecule has 104 heavy (non-hydrogen) atoms. The van der Waals surface area contributed by atoms with Gasteiger partial charge in [-0.2, -0.15) is 17.7 Å². The minimum atomic E-state index is -4.56. The summed E-state index contributed by atoms with van der Waals surface area (Å²) in [6.45, 7) is 29.6. The van der Waals surface area contributed by atoms with Crippen molar-refractivity contribution in [2.75, 3.05) is 68.3 Å². The van der Waals surface area contributed by atoms with E-state index in [4.69, 9.17) is 0 Å². The maximum atomic E-state index is 15.4. The number of benzene rings is 1. The first-order valence-electron chi connectivity index (χ1n) is 36.4. The van der Waals surface area contributed by atoms with Crippen molar-refractivity contribution in [1.29, 1.82) is 0 Å². The number of alkyl halides is 3. The summed E-state index contributed by atoms with van der Waals surface area (Å²) >= 11 is 0. The average molecular weight is 1470 g/mol. The molecule has 5 N–H and O–H groups in total. The maximum Gasteiger partial charge on any atom is 0.416 e. The van der Waals surface area contributed by atoms with Gasteiger partial charge in [-0.15, -0.1) is 6.58 Å². The number of carbonyl (C=O) groups is 11. The van der Waals surface area contributed by atoms with E-state index >= 15 is 19.2 Å². The monoisotopic (exact) mass is 1470 g/mol. The number of amides is 11. The zero-order valence-corrected chi connectivity index (χ0v) is 66.2. The predicted molar refractivity (Wildman–Crippen MR) is 395 cm³/mol. The highest BCUT2D eigenvalue weighted by atomic mass is 19.4. The fourth-order valence-electron chi connectivity index (χ4n) is 13.1. The molecule has 28 heteroatoms. The first-order chi connectivity index (χ1) is 48.2. The molecule has 1 aliphatic rings. The summed E-state index contributed by atoms with van der Waals surface area (Å²) in [7, 11) is 13.2. The number of nitrogens with zero attached hydrogens (tertiary/aromatic N) is 9. The van der Waals surface area contributed by atoms with Crippen LogP contribution in [0.5, 0.6) is 0 Å². The number of aliphatic hydroxyl groups excluding tert-OH is 1. The van der Waals surface area contributed by atoms with E-state index in [1.54, 1.807) is 58.4 Å². The SMILES string of the molecule is C=CCC1C(=O)N(C)[C@@H](CC(C)C)C(=O)N[C@@H](C(C)C)C(=O)N(C)[C@@H](CC(C)C)C(=O)N[C@@H](C)C(=O)N[C@H](C)C(=O)N(C)[C@@H](CC(C)C)C(=O)N(C)[C@@H](C)C(=O)N(C)[C@@H](C(C)C)C(=O)N(C)[C@@H]([C@H](O)[C@H](C)C/C=C/CCC[n+]2ccc(N(C)C)c3ccc(C(F)(F)F)cc32)C(=O)N[C@@H](CC)C(=O)N1C. The van der Waals surface area contributed by atoms with Gasteiger partial charge in [-0.25, -0.2) is 0 Å². The summed E-state index contributed by atoms with van der Waals surface area (Å²) in [5.74, 6) is -10.7. The van der Waals surface area contributed by atoms with E-state index in [9.17, 15) is 51.8 Å². The van der Waals surface area contributed by atoms with E-state index < -0.39 is 167 Å². The van der Waals surface area contributed by atoms with Gasteiger partial charge in [0.25, 0.3) is 0 Å².